The summed E-state index contributed by atoms with van der Waals surface area (Å²) in [5.74, 6) is 0.461. The second kappa shape index (κ2) is 12.9. The number of unbranched alkanes of at least 4 members (excludes halogenated alkanes) is 3. The maximum absolute atomic E-state index is 11.7. The first-order chi connectivity index (χ1) is 14.1. The first-order valence-corrected chi connectivity index (χ1v) is 10.7. The monoisotopic (exact) mass is 393 g/mol. The minimum absolute atomic E-state index is 0.0100. The number of fused-ring (bicyclic) bond motifs is 1. The molecule has 0 radical (unpaired) electrons. The molecule has 2 aromatic carbocycles. The normalized spacial score (nSPS) is 12.2. The van der Waals surface area contributed by atoms with Crippen molar-refractivity contribution >= 4 is 16.7 Å². The van der Waals surface area contributed by atoms with E-state index in [1.54, 1.807) is 6.08 Å². The van der Waals surface area contributed by atoms with Crippen LogP contribution in [0.4, 0.5) is 0 Å². The fourth-order valence-electron chi connectivity index (χ4n) is 3.12. The molecule has 0 saturated carbocycles. The highest BCUT2D eigenvalue weighted by molar-refractivity contribution is 5.88. The molecule has 2 rings (SSSR count). The van der Waals surface area contributed by atoms with Crippen LogP contribution in [0.1, 0.15) is 52.0 Å². The van der Waals surface area contributed by atoms with Gasteiger partial charge in [0.1, 0.15) is 0 Å². The average Bonchev–Trinajstić information content (AvgIpc) is 2.71. The smallest absolute Gasteiger partial charge is 0.244 e. The lowest BCUT2D eigenvalue weighted by Gasteiger charge is -2.07. The van der Waals surface area contributed by atoms with Gasteiger partial charge in [0.2, 0.25) is 5.91 Å². The van der Waals surface area contributed by atoms with Crippen molar-refractivity contribution in [2.45, 2.75) is 53.1 Å². The Labute approximate surface area is 175 Å². The summed E-state index contributed by atoms with van der Waals surface area (Å²) >= 11 is 0. The quantitative estimate of drug-likeness (QED) is 0.265. The molecule has 0 aliphatic rings. The van der Waals surface area contributed by atoms with Crippen LogP contribution in [0.15, 0.2) is 66.3 Å². The number of rotatable bonds is 12. The molecular weight excluding hydrogens is 358 g/mol. The lowest BCUT2D eigenvalue weighted by molar-refractivity contribution is -0.116. The minimum atomic E-state index is -0.0100. The average molecular weight is 394 g/mol. The van der Waals surface area contributed by atoms with E-state index in [0.717, 1.165) is 44.4 Å². The SMILES string of the molecule is CC(/C=C/CCCCCOCc1cccc2ccccc12)=C\C(=O)NCC(C)C. The molecule has 1 amide bonds. The fraction of sp³-hybridized carbons (Fsp3) is 0.423. The van der Waals surface area contributed by atoms with Gasteiger partial charge < -0.3 is 10.1 Å². The summed E-state index contributed by atoms with van der Waals surface area (Å²) in [4.78, 5) is 11.7. The van der Waals surface area contributed by atoms with E-state index in [9.17, 15) is 4.79 Å². The molecule has 1 N–H and O–H groups in total. The third-order valence-electron chi connectivity index (χ3n) is 4.72. The Hall–Kier alpha value is -2.39. The van der Waals surface area contributed by atoms with Crippen molar-refractivity contribution in [2.24, 2.45) is 5.92 Å². The van der Waals surface area contributed by atoms with Gasteiger partial charge in [-0.3, -0.25) is 4.79 Å². The van der Waals surface area contributed by atoms with E-state index in [1.807, 2.05) is 13.0 Å². The molecule has 0 unspecified atom stereocenters. The van der Waals surface area contributed by atoms with Crippen molar-refractivity contribution in [3.63, 3.8) is 0 Å². The highest BCUT2D eigenvalue weighted by atomic mass is 16.5. The van der Waals surface area contributed by atoms with Crippen molar-refractivity contribution in [3.8, 4) is 0 Å². The molecule has 0 aromatic heterocycles. The lowest BCUT2D eigenvalue weighted by atomic mass is 10.1. The zero-order valence-electron chi connectivity index (χ0n) is 18.1. The lowest BCUT2D eigenvalue weighted by Crippen LogP contribution is -2.25. The Morgan fingerprint density at radius 2 is 1.86 bits per heavy atom. The number of hydrogen-bond acceptors (Lipinski definition) is 2. The first-order valence-electron chi connectivity index (χ1n) is 10.7. The molecule has 3 nitrogen and oxygen atoms in total. The summed E-state index contributed by atoms with van der Waals surface area (Å²) < 4.78 is 5.88. The van der Waals surface area contributed by atoms with Crippen LogP contribution >= 0.6 is 0 Å². The number of nitrogens with one attached hydrogen (secondary N) is 1. The molecule has 0 spiro atoms. The fourth-order valence-corrected chi connectivity index (χ4v) is 3.12. The van der Waals surface area contributed by atoms with Crippen LogP contribution in [0.3, 0.4) is 0 Å². The third-order valence-corrected chi connectivity index (χ3v) is 4.72. The molecule has 0 fully saturated rings. The van der Waals surface area contributed by atoms with E-state index in [0.29, 0.717) is 12.5 Å². The first kappa shape index (κ1) is 22.9. The predicted molar refractivity (Wildman–Crippen MR) is 123 cm³/mol. The van der Waals surface area contributed by atoms with Crippen LogP contribution in [0.2, 0.25) is 0 Å². The standard InChI is InChI=1S/C26H35NO2/c1-21(2)19-27-26(28)18-22(3)12-7-5-4-6-10-17-29-20-24-15-11-14-23-13-8-9-16-25(23)24/h7-9,11-16,18,21H,4-6,10,17,19-20H2,1-3H3,(H,27,28)/b12-7+,22-18+. The summed E-state index contributed by atoms with van der Waals surface area (Å²) in [6.45, 7) is 8.32. The van der Waals surface area contributed by atoms with Crippen LogP contribution in [0.5, 0.6) is 0 Å². The Balaban J connectivity index is 1.57. The van der Waals surface area contributed by atoms with Gasteiger partial charge in [-0.2, -0.15) is 0 Å². The molecule has 29 heavy (non-hydrogen) atoms. The predicted octanol–water partition coefficient (Wildman–Crippen LogP) is 6.19. The van der Waals surface area contributed by atoms with Gasteiger partial charge in [0.15, 0.2) is 0 Å². The number of hydrogen-bond donors (Lipinski definition) is 1. The topological polar surface area (TPSA) is 38.3 Å². The minimum Gasteiger partial charge on any atom is -0.377 e. The third kappa shape index (κ3) is 9.10. The van der Waals surface area contributed by atoms with Gasteiger partial charge in [0.25, 0.3) is 0 Å². The van der Waals surface area contributed by atoms with Gasteiger partial charge in [-0.05, 0) is 54.0 Å². The van der Waals surface area contributed by atoms with E-state index in [1.165, 1.54) is 16.3 Å². The van der Waals surface area contributed by atoms with Gasteiger partial charge in [0.05, 0.1) is 6.61 Å². The van der Waals surface area contributed by atoms with Crippen LogP contribution in [0.25, 0.3) is 10.8 Å². The highest BCUT2D eigenvalue weighted by Gasteiger charge is 2.00. The summed E-state index contributed by atoms with van der Waals surface area (Å²) in [6, 6.07) is 14.8. The maximum Gasteiger partial charge on any atom is 0.244 e. The Morgan fingerprint density at radius 1 is 1.07 bits per heavy atom. The van der Waals surface area contributed by atoms with E-state index in [-0.39, 0.29) is 5.91 Å². The maximum atomic E-state index is 11.7. The molecule has 0 saturated heterocycles. The second-order valence-corrected chi connectivity index (χ2v) is 7.97. The zero-order chi connectivity index (χ0) is 20.9. The van der Waals surface area contributed by atoms with Crippen LogP contribution in [-0.4, -0.2) is 19.1 Å². The van der Waals surface area contributed by atoms with Crippen molar-refractivity contribution in [3.05, 3.63) is 71.8 Å². The zero-order valence-corrected chi connectivity index (χ0v) is 18.1. The molecule has 0 atom stereocenters. The molecule has 0 aliphatic heterocycles. The Kier molecular flexibility index (Phi) is 10.2. The summed E-state index contributed by atoms with van der Waals surface area (Å²) in [5.41, 5.74) is 2.25. The van der Waals surface area contributed by atoms with Crippen molar-refractivity contribution in [2.75, 3.05) is 13.2 Å². The van der Waals surface area contributed by atoms with Crippen LogP contribution < -0.4 is 5.32 Å². The van der Waals surface area contributed by atoms with Gasteiger partial charge >= 0.3 is 0 Å². The molecule has 156 valence electrons. The Morgan fingerprint density at radius 3 is 2.69 bits per heavy atom. The molecule has 0 bridgehead atoms. The highest BCUT2D eigenvalue weighted by Crippen LogP contribution is 2.19. The second-order valence-electron chi connectivity index (χ2n) is 7.97. The van der Waals surface area contributed by atoms with E-state index in [2.05, 4.69) is 67.7 Å². The van der Waals surface area contributed by atoms with Gasteiger partial charge in [-0.15, -0.1) is 0 Å². The van der Waals surface area contributed by atoms with Crippen molar-refractivity contribution in [1.82, 2.24) is 5.32 Å². The van der Waals surface area contributed by atoms with Gasteiger partial charge in [-0.25, -0.2) is 0 Å². The molecule has 2 aromatic rings. The number of carbonyl (C=O) groups excluding carboxylic acids is 1. The van der Waals surface area contributed by atoms with E-state index < -0.39 is 0 Å². The van der Waals surface area contributed by atoms with Crippen LogP contribution in [0, 0.1) is 5.92 Å². The summed E-state index contributed by atoms with van der Waals surface area (Å²) in [5, 5.41) is 5.45. The number of ether oxygens (including phenoxy) is 1. The van der Waals surface area contributed by atoms with Gasteiger partial charge in [-0.1, -0.05) is 74.9 Å². The van der Waals surface area contributed by atoms with Crippen molar-refractivity contribution < 1.29 is 9.53 Å². The molecule has 0 aliphatic carbocycles. The summed E-state index contributed by atoms with van der Waals surface area (Å²) in [6.07, 6.45) is 10.2. The molecule has 3 heteroatoms. The largest absolute Gasteiger partial charge is 0.377 e. The number of carbonyl (C=O) groups is 1. The van der Waals surface area contributed by atoms with E-state index in [4.69, 9.17) is 4.74 Å². The Bertz CT molecular complexity index is 815. The molecular formula is C26H35NO2. The number of amides is 1. The number of allylic oxidation sites excluding steroid dienone is 3. The molecule has 0 heterocycles. The number of benzene rings is 2. The summed E-state index contributed by atoms with van der Waals surface area (Å²) in [7, 11) is 0. The van der Waals surface area contributed by atoms with Gasteiger partial charge in [0, 0.05) is 19.2 Å². The van der Waals surface area contributed by atoms with Crippen LogP contribution in [-0.2, 0) is 16.1 Å². The van der Waals surface area contributed by atoms with E-state index >= 15 is 0 Å². The van der Waals surface area contributed by atoms with Crippen molar-refractivity contribution in [1.29, 1.82) is 0 Å².